The van der Waals surface area contributed by atoms with Crippen molar-refractivity contribution in [1.29, 1.82) is 0 Å². The summed E-state index contributed by atoms with van der Waals surface area (Å²) in [6, 6.07) is 7.40. The average Bonchev–Trinajstić information content (AvgIpc) is 1.88. The predicted molar refractivity (Wildman–Crippen MR) is 45.6 cm³/mol. The van der Waals surface area contributed by atoms with E-state index < -0.39 is 0 Å². The molecule has 0 unspecified atom stereocenters. The zero-order valence-electron chi connectivity index (χ0n) is 6.16. The largest absolute Gasteiger partial charge is 0.508 e. The number of hydrogen-bond acceptors (Lipinski definition) is 1. The van der Waals surface area contributed by atoms with Crippen molar-refractivity contribution in [3.05, 3.63) is 24.3 Å². The van der Waals surface area contributed by atoms with Gasteiger partial charge >= 0.3 is 0 Å². The predicted octanol–water partition coefficient (Wildman–Crippen LogP) is 1.63. The Morgan fingerprint density at radius 2 is 2.00 bits per heavy atom. The molecular formula is C8H11OS+. The fourth-order valence-electron chi connectivity index (χ4n) is 0.737. The van der Waals surface area contributed by atoms with Crippen LogP contribution in [0.15, 0.2) is 29.2 Å². The molecule has 0 aromatic heterocycles. The van der Waals surface area contributed by atoms with Crippen molar-refractivity contribution in [1.82, 2.24) is 0 Å². The second-order valence-electron chi connectivity index (χ2n) is 2.31. The van der Waals surface area contributed by atoms with Gasteiger partial charge in [0, 0.05) is 17.0 Å². The fraction of sp³-hybridized carbons (Fsp3) is 0.250. The molecule has 54 valence electrons. The van der Waals surface area contributed by atoms with E-state index in [1.807, 2.05) is 18.2 Å². The second-order valence-corrected chi connectivity index (χ2v) is 4.42. The van der Waals surface area contributed by atoms with Crippen LogP contribution in [0.2, 0.25) is 0 Å². The Labute approximate surface area is 64.0 Å². The zero-order valence-corrected chi connectivity index (χ0v) is 6.98. The summed E-state index contributed by atoms with van der Waals surface area (Å²) in [5.74, 6) is 0.360. The number of phenols is 1. The van der Waals surface area contributed by atoms with E-state index in [-0.39, 0.29) is 10.9 Å². The fourth-order valence-corrected chi connectivity index (χ4v) is 1.44. The maximum absolute atomic E-state index is 9.07. The normalized spacial score (nSPS) is 10.3. The van der Waals surface area contributed by atoms with Crippen LogP contribution in [-0.2, 0) is 10.9 Å². The van der Waals surface area contributed by atoms with Crippen molar-refractivity contribution >= 4 is 10.9 Å². The highest BCUT2D eigenvalue weighted by atomic mass is 32.2. The van der Waals surface area contributed by atoms with Crippen LogP contribution in [0.1, 0.15) is 0 Å². The first-order valence-corrected chi connectivity index (χ1v) is 5.11. The number of rotatable bonds is 1. The van der Waals surface area contributed by atoms with Crippen molar-refractivity contribution in [2.45, 2.75) is 4.90 Å². The average molecular weight is 155 g/mol. The Bertz CT molecular complexity index is 220. The van der Waals surface area contributed by atoms with Crippen LogP contribution in [-0.4, -0.2) is 17.6 Å². The lowest BCUT2D eigenvalue weighted by atomic mass is 10.3. The molecular weight excluding hydrogens is 144 g/mol. The van der Waals surface area contributed by atoms with E-state index >= 15 is 0 Å². The molecule has 0 aliphatic heterocycles. The maximum Gasteiger partial charge on any atom is 0.158 e. The summed E-state index contributed by atoms with van der Waals surface area (Å²) in [5, 5.41) is 9.07. The first-order valence-electron chi connectivity index (χ1n) is 3.07. The Morgan fingerprint density at radius 1 is 1.30 bits per heavy atom. The minimum atomic E-state index is 0.251. The molecule has 2 heteroatoms. The molecule has 1 rings (SSSR count). The van der Waals surface area contributed by atoms with Gasteiger partial charge in [0.05, 0.1) is 0 Å². The number of hydrogen-bond donors (Lipinski definition) is 1. The summed E-state index contributed by atoms with van der Waals surface area (Å²) in [6.45, 7) is 0. The van der Waals surface area contributed by atoms with E-state index in [0.717, 1.165) is 0 Å². The van der Waals surface area contributed by atoms with Gasteiger partial charge in [0.1, 0.15) is 18.3 Å². The van der Waals surface area contributed by atoms with Gasteiger partial charge in [-0.1, -0.05) is 6.07 Å². The van der Waals surface area contributed by atoms with Crippen molar-refractivity contribution in [3.63, 3.8) is 0 Å². The van der Waals surface area contributed by atoms with Gasteiger partial charge < -0.3 is 5.11 Å². The standard InChI is InChI=1S/C8H10OS/c1-10(2)8-5-3-4-7(9)6-8/h3-6H,1-2H3/p+1. The van der Waals surface area contributed by atoms with Gasteiger partial charge in [-0.3, -0.25) is 0 Å². The van der Waals surface area contributed by atoms with Gasteiger partial charge in [-0.2, -0.15) is 0 Å². The maximum atomic E-state index is 9.07. The Hall–Kier alpha value is -0.630. The molecule has 0 heterocycles. The molecule has 0 amide bonds. The number of phenolic OH excluding ortho intramolecular Hbond substituents is 1. The van der Waals surface area contributed by atoms with Crippen LogP contribution in [0.4, 0.5) is 0 Å². The Kier molecular flexibility index (Phi) is 2.22. The lowest BCUT2D eigenvalue weighted by molar-refractivity contribution is 0.474. The molecule has 10 heavy (non-hydrogen) atoms. The minimum Gasteiger partial charge on any atom is -0.508 e. The zero-order chi connectivity index (χ0) is 7.56. The Morgan fingerprint density at radius 3 is 2.40 bits per heavy atom. The van der Waals surface area contributed by atoms with Gasteiger partial charge in [-0.25, -0.2) is 0 Å². The lowest BCUT2D eigenvalue weighted by Gasteiger charge is -1.95. The topological polar surface area (TPSA) is 20.2 Å². The lowest BCUT2D eigenvalue weighted by Crippen LogP contribution is -1.93. The molecule has 0 bridgehead atoms. The highest BCUT2D eigenvalue weighted by molar-refractivity contribution is 7.95. The molecule has 1 aromatic carbocycles. The Balaban J connectivity index is 2.96. The van der Waals surface area contributed by atoms with Crippen LogP contribution in [0.25, 0.3) is 0 Å². The van der Waals surface area contributed by atoms with Crippen molar-refractivity contribution in [2.75, 3.05) is 12.5 Å². The molecule has 1 aromatic rings. The minimum absolute atomic E-state index is 0.251. The van der Waals surface area contributed by atoms with Crippen molar-refractivity contribution in [3.8, 4) is 5.75 Å². The highest BCUT2D eigenvalue weighted by Crippen LogP contribution is 2.15. The van der Waals surface area contributed by atoms with E-state index in [9.17, 15) is 0 Å². The molecule has 0 saturated carbocycles. The van der Waals surface area contributed by atoms with Crippen LogP contribution < -0.4 is 0 Å². The first-order chi connectivity index (χ1) is 4.70. The molecule has 0 aliphatic carbocycles. The smallest absolute Gasteiger partial charge is 0.158 e. The molecule has 1 N–H and O–H groups in total. The SMILES string of the molecule is C[S+](C)c1cccc(O)c1. The van der Waals surface area contributed by atoms with Crippen LogP contribution in [0.3, 0.4) is 0 Å². The second kappa shape index (κ2) is 2.97. The summed E-state index contributed by atoms with van der Waals surface area (Å²) in [6.07, 6.45) is 4.27. The molecule has 0 saturated heterocycles. The third-order valence-electron chi connectivity index (χ3n) is 1.29. The van der Waals surface area contributed by atoms with Crippen molar-refractivity contribution in [2.24, 2.45) is 0 Å². The number of aromatic hydroxyl groups is 1. The molecule has 0 spiro atoms. The molecule has 0 fully saturated rings. The monoisotopic (exact) mass is 155 g/mol. The summed E-state index contributed by atoms with van der Waals surface area (Å²) in [4.78, 5) is 1.21. The summed E-state index contributed by atoms with van der Waals surface area (Å²) >= 11 is 0. The highest BCUT2D eigenvalue weighted by Gasteiger charge is 2.06. The third kappa shape index (κ3) is 1.67. The van der Waals surface area contributed by atoms with E-state index in [0.29, 0.717) is 5.75 Å². The van der Waals surface area contributed by atoms with Gasteiger partial charge in [-0.15, -0.1) is 0 Å². The first kappa shape index (κ1) is 7.48. The van der Waals surface area contributed by atoms with Crippen LogP contribution in [0.5, 0.6) is 5.75 Å². The molecule has 1 nitrogen and oxygen atoms in total. The van der Waals surface area contributed by atoms with Crippen LogP contribution in [0, 0.1) is 0 Å². The van der Waals surface area contributed by atoms with E-state index in [1.54, 1.807) is 6.07 Å². The molecule has 0 radical (unpaired) electrons. The number of benzene rings is 1. The van der Waals surface area contributed by atoms with E-state index in [4.69, 9.17) is 5.11 Å². The van der Waals surface area contributed by atoms with Gasteiger partial charge in [0.25, 0.3) is 0 Å². The third-order valence-corrected chi connectivity index (χ3v) is 2.49. The van der Waals surface area contributed by atoms with E-state index in [1.165, 1.54) is 4.90 Å². The van der Waals surface area contributed by atoms with Gasteiger partial charge in [0.15, 0.2) is 4.90 Å². The summed E-state index contributed by atoms with van der Waals surface area (Å²) in [7, 11) is 0.251. The summed E-state index contributed by atoms with van der Waals surface area (Å²) < 4.78 is 0. The molecule has 0 aliphatic rings. The van der Waals surface area contributed by atoms with Gasteiger partial charge in [-0.05, 0) is 12.1 Å². The molecule has 0 atom stereocenters. The summed E-state index contributed by atoms with van der Waals surface area (Å²) in [5.41, 5.74) is 0. The van der Waals surface area contributed by atoms with Crippen molar-refractivity contribution < 1.29 is 5.11 Å². The van der Waals surface area contributed by atoms with Gasteiger partial charge in [0.2, 0.25) is 0 Å². The van der Waals surface area contributed by atoms with Crippen LogP contribution >= 0.6 is 0 Å². The quantitative estimate of drug-likeness (QED) is 0.611. The van der Waals surface area contributed by atoms with E-state index in [2.05, 4.69) is 12.5 Å².